The highest BCUT2D eigenvalue weighted by Crippen LogP contribution is 2.30. The molecule has 0 aliphatic carbocycles. The van der Waals surface area contributed by atoms with E-state index in [1.807, 2.05) is 0 Å². The minimum atomic E-state index is -1.82. The number of pyridine rings is 1. The van der Waals surface area contributed by atoms with Crippen LogP contribution in [0.4, 0.5) is 0 Å². The molecule has 0 aromatic carbocycles. The Kier molecular flexibility index (Phi) is 4.31. The summed E-state index contributed by atoms with van der Waals surface area (Å²) >= 11 is 5.70. The second-order valence-electron chi connectivity index (χ2n) is 3.48. The molecule has 1 N–H and O–H groups in total. The van der Waals surface area contributed by atoms with E-state index in [1.54, 1.807) is 6.92 Å². The van der Waals surface area contributed by atoms with Crippen molar-refractivity contribution in [3.8, 4) is 5.88 Å². The van der Waals surface area contributed by atoms with Crippen molar-refractivity contribution < 1.29 is 19.4 Å². The van der Waals surface area contributed by atoms with Crippen LogP contribution >= 0.6 is 11.6 Å². The van der Waals surface area contributed by atoms with Crippen LogP contribution in [-0.2, 0) is 15.1 Å². The number of esters is 1. The molecule has 1 atom stereocenters. The van der Waals surface area contributed by atoms with E-state index < -0.39 is 11.6 Å². The molecule has 0 saturated carbocycles. The van der Waals surface area contributed by atoms with Gasteiger partial charge in [-0.3, -0.25) is 0 Å². The fourth-order valence-electron chi connectivity index (χ4n) is 1.33. The summed E-state index contributed by atoms with van der Waals surface area (Å²) in [6.07, 6.45) is 0. The summed E-state index contributed by atoms with van der Waals surface area (Å²) in [6.45, 7) is 3.15. The van der Waals surface area contributed by atoms with E-state index >= 15 is 0 Å². The van der Waals surface area contributed by atoms with Crippen molar-refractivity contribution in [2.75, 3.05) is 13.7 Å². The van der Waals surface area contributed by atoms with E-state index in [4.69, 9.17) is 21.1 Å². The van der Waals surface area contributed by atoms with Crippen molar-refractivity contribution in [1.29, 1.82) is 0 Å². The number of methoxy groups -OCH3 is 1. The Balaban J connectivity index is 3.18. The fraction of sp³-hybridized carbons (Fsp3) is 0.455. The van der Waals surface area contributed by atoms with Gasteiger partial charge in [-0.2, -0.15) is 0 Å². The molecule has 0 aliphatic heterocycles. The zero-order valence-electron chi connectivity index (χ0n) is 9.86. The molecular weight excluding hydrogens is 246 g/mol. The van der Waals surface area contributed by atoms with E-state index in [2.05, 4.69) is 4.98 Å². The largest absolute Gasteiger partial charge is 0.481 e. The number of hydrogen-bond donors (Lipinski definition) is 1. The van der Waals surface area contributed by atoms with Gasteiger partial charge in [-0.1, -0.05) is 11.6 Å². The van der Waals surface area contributed by atoms with Gasteiger partial charge in [0.2, 0.25) is 5.88 Å². The molecule has 0 aliphatic rings. The van der Waals surface area contributed by atoms with Crippen LogP contribution in [0.15, 0.2) is 12.1 Å². The molecule has 0 spiro atoms. The third-order valence-electron chi connectivity index (χ3n) is 2.22. The zero-order chi connectivity index (χ0) is 13.1. The van der Waals surface area contributed by atoms with Crippen LogP contribution in [0, 0.1) is 0 Å². The Labute approximate surface area is 104 Å². The average Bonchev–Trinajstić information content (AvgIpc) is 2.28. The number of carbonyl (C=O) groups excluding carboxylic acids is 1. The van der Waals surface area contributed by atoms with Gasteiger partial charge in [-0.25, -0.2) is 9.78 Å². The topological polar surface area (TPSA) is 68.7 Å². The quantitative estimate of drug-likeness (QED) is 0.656. The lowest BCUT2D eigenvalue weighted by Gasteiger charge is -2.22. The van der Waals surface area contributed by atoms with Crippen LogP contribution < -0.4 is 4.74 Å². The number of hydrogen-bond acceptors (Lipinski definition) is 5. The zero-order valence-corrected chi connectivity index (χ0v) is 10.6. The van der Waals surface area contributed by atoms with Gasteiger partial charge in [-0.15, -0.1) is 0 Å². The van der Waals surface area contributed by atoms with E-state index in [1.165, 1.54) is 26.2 Å². The van der Waals surface area contributed by atoms with Gasteiger partial charge in [0.15, 0.2) is 5.60 Å². The Morgan fingerprint density at radius 1 is 1.59 bits per heavy atom. The number of carbonyl (C=O) groups is 1. The van der Waals surface area contributed by atoms with E-state index in [9.17, 15) is 9.90 Å². The molecule has 0 radical (unpaired) electrons. The first-order chi connectivity index (χ1) is 7.93. The molecule has 0 amide bonds. The minimum absolute atomic E-state index is 0.0931. The SMILES string of the molecule is CCOC(=O)C(C)(O)c1ccc(Cl)nc1OC. The number of nitrogens with zero attached hydrogens (tertiary/aromatic N) is 1. The number of halogens is 1. The predicted molar refractivity (Wildman–Crippen MR) is 62.0 cm³/mol. The minimum Gasteiger partial charge on any atom is -0.481 e. The number of ether oxygens (including phenoxy) is 2. The maximum absolute atomic E-state index is 11.6. The fourth-order valence-corrected chi connectivity index (χ4v) is 1.47. The molecule has 5 nitrogen and oxygen atoms in total. The second kappa shape index (κ2) is 5.33. The molecule has 1 unspecified atom stereocenters. The lowest BCUT2D eigenvalue weighted by molar-refractivity contribution is -0.164. The average molecular weight is 260 g/mol. The monoisotopic (exact) mass is 259 g/mol. The number of rotatable bonds is 4. The first-order valence-corrected chi connectivity index (χ1v) is 5.41. The first-order valence-electron chi connectivity index (χ1n) is 5.04. The van der Waals surface area contributed by atoms with Gasteiger partial charge in [0.1, 0.15) is 5.15 Å². The Morgan fingerprint density at radius 2 is 2.24 bits per heavy atom. The standard InChI is InChI=1S/C11H14ClNO4/c1-4-17-10(14)11(2,15)7-5-6-8(12)13-9(7)16-3/h5-6,15H,4H2,1-3H3. The molecule has 0 fully saturated rings. The molecule has 1 aromatic heterocycles. The lowest BCUT2D eigenvalue weighted by Crippen LogP contribution is -2.34. The van der Waals surface area contributed by atoms with Gasteiger partial charge in [0.25, 0.3) is 0 Å². The van der Waals surface area contributed by atoms with E-state index in [0.717, 1.165) is 0 Å². The second-order valence-corrected chi connectivity index (χ2v) is 3.87. The Hall–Kier alpha value is -1.33. The first kappa shape index (κ1) is 13.7. The van der Waals surface area contributed by atoms with Crippen molar-refractivity contribution >= 4 is 17.6 Å². The highest BCUT2D eigenvalue weighted by Gasteiger charge is 2.37. The summed E-state index contributed by atoms with van der Waals surface area (Å²) in [5, 5.41) is 10.4. The Bertz CT molecular complexity index is 420. The van der Waals surface area contributed by atoms with Crippen LogP contribution in [0.3, 0.4) is 0 Å². The van der Waals surface area contributed by atoms with Gasteiger partial charge in [0.05, 0.1) is 19.3 Å². The van der Waals surface area contributed by atoms with Crippen molar-refractivity contribution in [2.24, 2.45) is 0 Å². The summed E-state index contributed by atoms with van der Waals surface area (Å²) < 4.78 is 9.76. The summed E-state index contributed by atoms with van der Waals surface area (Å²) in [5.74, 6) is -0.669. The van der Waals surface area contributed by atoms with Gasteiger partial charge >= 0.3 is 5.97 Å². The Morgan fingerprint density at radius 3 is 2.76 bits per heavy atom. The molecule has 1 heterocycles. The number of aliphatic hydroxyl groups is 1. The predicted octanol–water partition coefficient (Wildman–Crippen LogP) is 1.51. The van der Waals surface area contributed by atoms with Crippen molar-refractivity contribution in [3.63, 3.8) is 0 Å². The van der Waals surface area contributed by atoms with Gasteiger partial charge < -0.3 is 14.6 Å². The smallest absolute Gasteiger partial charge is 0.342 e. The van der Waals surface area contributed by atoms with E-state index in [0.29, 0.717) is 0 Å². The summed E-state index contributed by atoms with van der Waals surface area (Å²) in [5.41, 5.74) is -1.61. The van der Waals surface area contributed by atoms with Crippen molar-refractivity contribution in [3.05, 3.63) is 22.8 Å². The summed E-state index contributed by atoms with van der Waals surface area (Å²) in [4.78, 5) is 15.5. The molecular formula is C11H14ClNO4. The molecule has 94 valence electrons. The maximum Gasteiger partial charge on any atom is 0.342 e. The number of aromatic nitrogens is 1. The molecule has 17 heavy (non-hydrogen) atoms. The highest BCUT2D eigenvalue weighted by atomic mass is 35.5. The van der Waals surface area contributed by atoms with Crippen LogP contribution in [0.2, 0.25) is 5.15 Å². The van der Waals surface area contributed by atoms with E-state index in [-0.39, 0.29) is 23.2 Å². The van der Waals surface area contributed by atoms with Crippen LogP contribution in [0.5, 0.6) is 5.88 Å². The van der Waals surface area contributed by atoms with Gasteiger partial charge in [0, 0.05) is 0 Å². The third kappa shape index (κ3) is 2.87. The molecule has 0 saturated heterocycles. The van der Waals surface area contributed by atoms with Crippen molar-refractivity contribution in [2.45, 2.75) is 19.4 Å². The maximum atomic E-state index is 11.6. The van der Waals surface area contributed by atoms with Gasteiger partial charge in [-0.05, 0) is 26.0 Å². The molecule has 1 rings (SSSR count). The third-order valence-corrected chi connectivity index (χ3v) is 2.43. The molecule has 1 aromatic rings. The molecule has 6 heteroatoms. The highest BCUT2D eigenvalue weighted by molar-refractivity contribution is 6.29. The summed E-state index contributed by atoms with van der Waals surface area (Å²) in [7, 11) is 1.38. The molecule has 0 bridgehead atoms. The van der Waals surface area contributed by atoms with Crippen LogP contribution in [-0.4, -0.2) is 29.8 Å². The summed E-state index contributed by atoms with van der Waals surface area (Å²) in [6, 6.07) is 2.94. The van der Waals surface area contributed by atoms with Crippen LogP contribution in [0.25, 0.3) is 0 Å². The normalized spacial score (nSPS) is 13.9. The van der Waals surface area contributed by atoms with Crippen molar-refractivity contribution in [1.82, 2.24) is 4.98 Å². The lowest BCUT2D eigenvalue weighted by atomic mass is 9.97. The van der Waals surface area contributed by atoms with Crippen LogP contribution in [0.1, 0.15) is 19.4 Å².